The largest absolute Gasteiger partial charge is 0.378 e. The first-order valence-corrected chi connectivity index (χ1v) is 10.5. The third kappa shape index (κ3) is 5.00. The first-order valence-electron chi connectivity index (χ1n) is 10.5. The van der Waals surface area contributed by atoms with Gasteiger partial charge in [0.1, 0.15) is 0 Å². The molecule has 0 bridgehead atoms. The predicted octanol–water partition coefficient (Wildman–Crippen LogP) is 5.81. The molecule has 1 fully saturated rings. The Labute approximate surface area is 165 Å². The van der Waals surface area contributed by atoms with Gasteiger partial charge in [-0.1, -0.05) is 74.0 Å². The molecule has 27 heavy (non-hydrogen) atoms. The predicted molar refractivity (Wildman–Crippen MR) is 114 cm³/mol. The number of ether oxygens (including phenoxy) is 1. The summed E-state index contributed by atoms with van der Waals surface area (Å²) in [6, 6.07) is 20.3. The first kappa shape index (κ1) is 20.1. The smallest absolute Gasteiger partial charge is 0.0606 e. The van der Waals surface area contributed by atoms with Gasteiger partial charge < -0.3 is 10.1 Å². The molecule has 146 valence electrons. The van der Waals surface area contributed by atoms with Gasteiger partial charge in [-0.25, -0.2) is 0 Å². The summed E-state index contributed by atoms with van der Waals surface area (Å²) in [6.07, 6.45) is 3.74. The molecule has 0 spiro atoms. The highest BCUT2D eigenvalue weighted by molar-refractivity contribution is 5.30. The summed E-state index contributed by atoms with van der Waals surface area (Å²) in [4.78, 5) is 0. The Kier molecular flexibility index (Phi) is 6.73. The van der Waals surface area contributed by atoms with Crippen molar-refractivity contribution in [3.8, 4) is 0 Å². The van der Waals surface area contributed by atoms with Crippen LogP contribution in [0.2, 0.25) is 0 Å². The summed E-state index contributed by atoms with van der Waals surface area (Å²) in [5, 5.41) is 3.76. The molecule has 3 atom stereocenters. The average molecular weight is 366 g/mol. The maximum Gasteiger partial charge on any atom is 0.0606 e. The summed E-state index contributed by atoms with van der Waals surface area (Å²) in [6.45, 7) is 10.9. The molecule has 1 saturated heterocycles. The fraction of sp³-hybridized carbons (Fsp3) is 0.520. The molecule has 3 unspecified atom stereocenters. The Morgan fingerprint density at radius 3 is 2.41 bits per heavy atom. The van der Waals surface area contributed by atoms with Crippen LogP contribution in [0.1, 0.15) is 62.8 Å². The zero-order chi connectivity index (χ0) is 19.3. The van der Waals surface area contributed by atoms with Crippen LogP contribution in [0.25, 0.3) is 0 Å². The van der Waals surface area contributed by atoms with Crippen LogP contribution in [-0.4, -0.2) is 19.3 Å². The molecule has 3 rings (SSSR count). The average Bonchev–Trinajstić information content (AvgIpc) is 2.69. The van der Waals surface area contributed by atoms with Crippen molar-refractivity contribution >= 4 is 0 Å². The van der Waals surface area contributed by atoms with Gasteiger partial charge in [0.2, 0.25) is 0 Å². The van der Waals surface area contributed by atoms with Crippen molar-refractivity contribution in [1.29, 1.82) is 0 Å². The summed E-state index contributed by atoms with van der Waals surface area (Å²) >= 11 is 0. The lowest BCUT2D eigenvalue weighted by Gasteiger charge is -2.43. The lowest BCUT2D eigenvalue weighted by atomic mass is 9.68. The third-order valence-electron chi connectivity index (χ3n) is 6.27. The second-order valence-electron chi connectivity index (χ2n) is 8.59. The van der Waals surface area contributed by atoms with Gasteiger partial charge in [-0.2, -0.15) is 0 Å². The summed E-state index contributed by atoms with van der Waals surface area (Å²) < 4.78 is 6.12. The van der Waals surface area contributed by atoms with Gasteiger partial charge in [0.15, 0.2) is 0 Å². The van der Waals surface area contributed by atoms with Crippen molar-refractivity contribution in [1.82, 2.24) is 5.32 Å². The fourth-order valence-electron chi connectivity index (χ4n) is 4.31. The highest BCUT2D eigenvalue weighted by atomic mass is 16.5. The van der Waals surface area contributed by atoms with E-state index in [4.69, 9.17) is 4.74 Å². The highest BCUT2D eigenvalue weighted by Crippen LogP contribution is 2.41. The van der Waals surface area contributed by atoms with Crippen molar-refractivity contribution < 1.29 is 4.74 Å². The van der Waals surface area contributed by atoms with Crippen molar-refractivity contribution in [2.75, 3.05) is 13.2 Å². The van der Waals surface area contributed by atoms with Crippen molar-refractivity contribution in [3.63, 3.8) is 0 Å². The van der Waals surface area contributed by atoms with Crippen LogP contribution in [0.4, 0.5) is 0 Å². The zero-order valence-corrected chi connectivity index (χ0v) is 17.4. The molecule has 1 aliphatic heterocycles. The molecule has 1 aliphatic rings. The van der Waals surface area contributed by atoms with E-state index < -0.39 is 0 Å². The Hall–Kier alpha value is -1.64. The van der Waals surface area contributed by atoms with E-state index in [1.54, 1.807) is 0 Å². The van der Waals surface area contributed by atoms with Gasteiger partial charge in [0, 0.05) is 18.1 Å². The van der Waals surface area contributed by atoms with Crippen LogP contribution < -0.4 is 5.32 Å². The molecule has 0 aliphatic carbocycles. The number of rotatable bonds is 7. The van der Waals surface area contributed by atoms with Gasteiger partial charge in [0.25, 0.3) is 0 Å². The van der Waals surface area contributed by atoms with Gasteiger partial charge in [-0.3, -0.25) is 0 Å². The molecule has 2 heteroatoms. The fourth-order valence-corrected chi connectivity index (χ4v) is 4.31. The van der Waals surface area contributed by atoms with E-state index in [1.165, 1.54) is 16.7 Å². The second-order valence-corrected chi connectivity index (χ2v) is 8.59. The lowest BCUT2D eigenvalue weighted by molar-refractivity contribution is -0.0470. The molecule has 0 amide bonds. The minimum Gasteiger partial charge on any atom is -0.378 e. The number of hydrogen-bond donors (Lipinski definition) is 1. The number of hydrogen-bond acceptors (Lipinski definition) is 2. The monoisotopic (exact) mass is 365 g/mol. The van der Waals surface area contributed by atoms with Crippen LogP contribution in [0.3, 0.4) is 0 Å². The Bertz CT molecular complexity index is 694. The minimum absolute atomic E-state index is 0.213. The topological polar surface area (TPSA) is 21.3 Å². The third-order valence-corrected chi connectivity index (χ3v) is 6.27. The molecule has 2 aromatic rings. The SMILES string of the molecule is Cc1ccc(C2(CCNC(C)c3ccccc3)CCOC(C(C)C)C2)cc1. The normalized spacial score (nSPS) is 24.1. The van der Waals surface area contributed by atoms with Crippen LogP contribution in [0, 0.1) is 12.8 Å². The lowest BCUT2D eigenvalue weighted by Crippen LogP contribution is -2.42. The Balaban J connectivity index is 1.73. The standard InChI is InChI=1S/C25H35NO/c1-19(2)24-18-25(15-17-27-24,23-12-10-20(3)11-13-23)14-16-26-21(4)22-8-6-5-7-9-22/h5-13,19,21,24,26H,14-18H2,1-4H3. The maximum atomic E-state index is 6.12. The van der Waals surface area contributed by atoms with Gasteiger partial charge >= 0.3 is 0 Å². The van der Waals surface area contributed by atoms with E-state index in [-0.39, 0.29) is 5.41 Å². The van der Waals surface area contributed by atoms with Crippen molar-refractivity contribution in [2.24, 2.45) is 5.92 Å². The first-order chi connectivity index (χ1) is 13.0. The van der Waals surface area contributed by atoms with Gasteiger partial charge in [-0.05, 0) is 56.7 Å². The van der Waals surface area contributed by atoms with E-state index in [1.807, 2.05) is 0 Å². The van der Waals surface area contributed by atoms with Crippen LogP contribution in [-0.2, 0) is 10.2 Å². The molecule has 0 saturated carbocycles. The molecular formula is C25H35NO. The molecule has 0 radical (unpaired) electrons. The van der Waals surface area contributed by atoms with E-state index in [0.29, 0.717) is 18.1 Å². The van der Waals surface area contributed by atoms with E-state index >= 15 is 0 Å². The van der Waals surface area contributed by atoms with E-state index in [2.05, 4.69) is 87.6 Å². The quantitative estimate of drug-likeness (QED) is 0.668. The number of aryl methyl sites for hydroxylation is 1. The van der Waals surface area contributed by atoms with Crippen LogP contribution in [0.15, 0.2) is 54.6 Å². The highest BCUT2D eigenvalue weighted by Gasteiger charge is 2.39. The van der Waals surface area contributed by atoms with Crippen LogP contribution in [0.5, 0.6) is 0 Å². The summed E-state index contributed by atoms with van der Waals surface area (Å²) in [5.41, 5.74) is 4.38. The Morgan fingerprint density at radius 2 is 1.74 bits per heavy atom. The van der Waals surface area contributed by atoms with Gasteiger partial charge in [-0.15, -0.1) is 0 Å². The maximum absolute atomic E-state index is 6.12. The molecule has 1 heterocycles. The summed E-state index contributed by atoms with van der Waals surface area (Å²) in [5.74, 6) is 0.561. The van der Waals surface area contributed by atoms with Crippen molar-refractivity contribution in [2.45, 2.75) is 64.5 Å². The number of benzene rings is 2. The Morgan fingerprint density at radius 1 is 1.04 bits per heavy atom. The molecule has 2 nitrogen and oxygen atoms in total. The van der Waals surface area contributed by atoms with Crippen molar-refractivity contribution in [3.05, 3.63) is 71.3 Å². The molecule has 2 aromatic carbocycles. The zero-order valence-electron chi connectivity index (χ0n) is 17.4. The van der Waals surface area contributed by atoms with Gasteiger partial charge in [0.05, 0.1) is 6.10 Å². The van der Waals surface area contributed by atoms with E-state index in [9.17, 15) is 0 Å². The molecular weight excluding hydrogens is 330 g/mol. The minimum atomic E-state index is 0.213. The second kappa shape index (κ2) is 9.03. The summed E-state index contributed by atoms with van der Waals surface area (Å²) in [7, 11) is 0. The van der Waals surface area contributed by atoms with E-state index in [0.717, 1.165) is 32.4 Å². The molecule has 1 N–H and O–H groups in total. The van der Waals surface area contributed by atoms with Crippen LogP contribution >= 0.6 is 0 Å². The number of nitrogens with one attached hydrogen (secondary N) is 1. The molecule has 0 aromatic heterocycles.